The number of aliphatic hydroxyl groups is 6. The van der Waals surface area contributed by atoms with Crippen LogP contribution in [0.5, 0.6) is 0 Å². The third-order valence-electron chi connectivity index (χ3n) is 10.7. The van der Waals surface area contributed by atoms with Crippen molar-refractivity contribution in [3.05, 3.63) is 22.3 Å². The van der Waals surface area contributed by atoms with Gasteiger partial charge in [-0.05, 0) is 110 Å². The first-order chi connectivity index (χ1) is 16.4. The second kappa shape index (κ2) is 10.1. The number of aliphatic hydroxyl groups excluding tert-OH is 4. The van der Waals surface area contributed by atoms with E-state index in [2.05, 4.69) is 13.8 Å². The van der Waals surface area contributed by atoms with E-state index in [-0.39, 0.29) is 22.7 Å². The van der Waals surface area contributed by atoms with E-state index >= 15 is 0 Å². The summed E-state index contributed by atoms with van der Waals surface area (Å²) in [7, 11) is 0. The second-order valence-electron chi connectivity index (χ2n) is 13.5. The minimum absolute atomic E-state index is 0.0106. The quantitative estimate of drug-likeness (QED) is 0.314. The molecular weight excluding hydrogens is 456 g/mol. The van der Waals surface area contributed by atoms with E-state index in [1.165, 1.54) is 0 Å². The van der Waals surface area contributed by atoms with E-state index in [4.69, 9.17) is 0 Å². The Labute approximate surface area is 218 Å². The molecule has 36 heavy (non-hydrogen) atoms. The van der Waals surface area contributed by atoms with Gasteiger partial charge < -0.3 is 30.6 Å². The van der Waals surface area contributed by atoms with Crippen molar-refractivity contribution in [3.63, 3.8) is 0 Å². The summed E-state index contributed by atoms with van der Waals surface area (Å²) in [6.45, 7) is 15.9. The molecule has 2 saturated carbocycles. The maximum atomic E-state index is 10.7. The van der Waals surface area contributed by atoms with Crippen LogP contribution >= 0.6 is 0 Å². The summed E-state index contributed by atoms with van der Waals surface area (Å²) in [5, 5.41) is 62.7. The molecule has 0 amide bonds. The lowest BCUT2D eigenvalue weighted by Gasteiger charge is -2.52. The average Bonchev–Trinajstić information content (AvgIpc) is 2.80. The highest BCUT2D eigenvalue weighted by Crippen LogP contribution is 2.55. The molecule has 0 heterocycles. The zero-order valence-corrected chi connectivity index (χ0v) is 23.8. The van der Waals surface area contributed by atoms with Crippen molar-refractivity contribution in [2.45, 2.75) is 142 Å². The Morgan fingerprint density at radius 1 is 0.583 bits per heavy atom. The van der Waals surface area contributed by atoms with Crippen molar-refractivity contribution in [2.24, 2.45) is 22.7 Å². The summed E-state index contributed by atoms with van der Waals surface area (Å²) >= 11 is 0. The summed E-state index contributed by atoms with van der Waals surface area (Å²) in [5.41, 5.74) is 1.33. The van der Waals surface area contributed by atoms with Crippen molar-refractivity contribution < 1.29 is 30.6 Å². The zero-order chi connectivity index (χ0) is 27.4. The predicted molar refractivity (Wildman–Crippen MR) is 142 cm³/mol. The van der Waals surface area contributed by atoms with Crippen LogP contribution in [0.25, 0.3) is 0 Å². The van der Waals surface area contributed by atoms with E-state index in [0.29, 0.717) is 12.8 Å². The first-order valence-corrected chi connectivity index (χ1v) is 14.0. The van der Waals surface area contributed by atoms with Gasteiger partial charge >= 0.3 is 0 Å². The number of hydrogen-bond acceptors (Lipinski definition) is 6. The highest BCUT2D eigenvalue weighted by atomic mass is 16.3. The molecule has 8 atom stereocenters. The van der Waals surface area contributed by atoms with E-state index in [0.717, 1.165) is 60.8 Å². The number of hydrogen-bond donors (Lipinski definition) is 6. The van der Waals surface area contributed by atoms with Crippen molar-refractivity contribution in [1.82, 2.24) is 0 Å². The van der Waals surface area contributed by atoms with Crippen molar-refractivity contribution >= 4 is 0 Å². The molecule has 0 aromatic carbocycles. The minimum Gasteiger partial charge on any atom is -0.389 e. The molecule has 2 fully saturated rings. The number of fused-ring (bicyclic) bond motifs is 2. The molecule has 6 N–H and O–H groups in total. The fourth-order valence-electron chi connectivity index (χ4n) is 7.47. The Balaban J connectivity index is 0.000000201. The lowest BCUT2D eigenvalue weighted by Crippen LogP contribution is -2.56. The lowest BCUT2D eigenvalue weighted by atomic mass is 9.57. The molecule has 0 aromatic heterocycles. The number of rotatable bonds is 2. The molecule has 0 bridgehead atoms. The Bertz CT molecular complexity index is 820. The van der Waals surface area contributed by atoms with Crippen LogP contribution in [0, 0.1) is 22.7 Å². The second-order valence-corrected chi connectivity index (χ2v) is 13.5. The summed E-state index contributed by atoms with van der Waals surface area (Å²) in [5.74, 6) is 0.0211. The average molecular weight is 509 g/mol. The molecule has 4 rings (SSSR count). The van der Waals surface area contributed by atoms with Crippen LogP contribution in [-0.2, 0) is 0 Å². The molecule has 6 nitrogen and oxygen atoms in total. The van der Waals surface area contributed by atoms with Crippen molar-refractivity contribution in [2.75, 3.05) is 0 Å². The maximum absolute atomic E-state index is 10.7. The molecule has 0 saturated heterocycles. The van der Waals surface area contributed by atoms with Crippen LogP contribution in [0.15, 0.2) is 22.3 Å². The van der Waals surface area contributed by atoms with Gasteiger partial charge in [-0.2, -0.15) is 0 Å². The monoisotopic (exact) mass is 508 g/mol. The van der Waals surface area contributed by atoms with E-state index in [9.17, 15) is 30.6 Å². The van der Waals surface area contributed by atoms with E-state index < -0.39 is 35.6 Å². The highest BCUT2D eigenvalue weighted by Gasteiger charge is 2.54. The van der Waals surface area contributed by atoms with Crippen LogP contribution in [0.2, 0.25) is 0 Å². The summed E-state index contributed by atoms with van der Waals surface area (Å²) in [4.78, 5) is 0. The highest BCUT2D eigenvalue weighted by molar-refractivity contribution is 5.35. The molecule has 4 aliphatic rings. The predicted octanol–water partition coefficient (Wildman–Crippen LogP) is 4.01. The third-order valence-corrected chi connectivity index (χ3v) is 10.7. The van der Waals surface area contributed by atoms with Gasteiger partial charge in [0, 0.05) is 0 Å². The Kier molecular flexibility index (Phi) is 8.35. The van der Waals surface area contributed by atoms with Crippen LogP contribution in [0.4, 0.5) is 0 Å². The van der Waals surface area contributed by atoms with E-state index in [1.54, 1.807) is 0 Å². The van der Waals surface area contributed by atoms with E-state index in [1.807, 2.05) is 41.5 Å². The molecule has 0 aliphatic heterocycles. The zero-order valence-electron chi connectivity index (χ0n) is 23.8. The first-order valence-electron chi connectivity index (χ1n) is 14.0. The van der Waals surface area contributed by atoms with Crippen molar-refractivity contribution in [1.29, 1.82) is 0 Å². The smallest absolute Gasteiger partial charge is 0.105 e. The minimum atomic E-state index is -1.05. The summed E-state index contributed by atoms with van der Waals surface area (Å²) in [6, 6.07) is 0. The topological polar surface area (TPSA) is 121 Å². The molecule has 0 unspecified atom stereocenters. The largest absolute Gasteiger partial charge is 0.389 e. The van der Waals surface area contributed by atoms with Crippen LogP contribution in [0.1, 0.15) is 107 Å². The standard InChI is InChI=1S/2C15H26O3/c2*1-9(2)15(18)8-7-14(4)6-5-11(16)10(3)12(14)13(15)17/h2*9,11,13,16-18H,5-8H2,1-4H3/t2*11-,13+,14-,15-/m00/s1. The van der Waals surface area contributed by atoms with Gasteiger partial charge in [-0.1, -0.05) is 41.5 Å². The Morgan fingerprint density at radius 2 is 0.889 bits per heavy atom. The SMILES string of the molecule is CC1=C2[C@@H](O)[C@@](O)(C(C)C)CC[C@]2(C)CC[C@@H]1O.CC1=C2[C@@H](O)[C@@](O)(C(C)C)CC[C@]2(C)CC[C@@H]1O. The first kappa shape index (κ1) is 29.8. The van der Waals surface area contributed by atoms with Gasteiger partial charge in [0.1, 0.15) is 12.2 Å². The van der Waals surface area contributed by atoms with Gasteiger partial charge in [-0.25, -0.2) is 0 Å². The molecule has 208 valence electrons. The van der Waals surface area contributed by atoms with Crippen LogP contribution in [-0.4, -0.2) is 66.3 Å². The van der Waals surface area contributed by atoms with Crippen LogP contribution in [0.3, 0.4) is 0 Å². The summed E-state index contributed by atoms with van der Waals surface area (Å²) < 4.78 is 0. The maximum Gasteiger partial charge on any atom is 0.105 e. The van der Waals surface area contributed by atoms with Gasteiger partial charge in [0.2, 0.25) is 0 Å². The molecule has 0 radical (unpaired) electrons. The lowest BCUT2D eigenvalue weighted by molar-refractivity contribution is -0.127. The van der Waals surface area contributed by atoms with Gasteiger partial charge in [0.15, 0.2) is 0 Å². The fraction of sp³-hybridized carbons (Fsp3) is 0.867. The Hall–Kier alpha value is -0.760. The fourth-order valence-corrected chi connectivity index (χ4v) is 7.47. The third kappa shape index (κ3) is 4.76. The molecule has 4 aliphatic carbocycles. The normalized spacial score (nSPS) is 45.3. The molecule has 6 heteroatoms. The van der Waals surface area contributed by atoms with Gasteiger partial charge in [0.25, 0.3) is 0 Å². The molecule has 0 spiro atoms. The molecular formula is C30H52O6. The summed E-state index contributed by atoms with van der Waals surface area (Å²) in [6.07, 6.45) is 3.75. The van der Waals surface area contributed by atoms with Crippen LogP contribution < -0.4 is 0 Å². The molecule has 0 aromatic rings. The van der Waals surface area contributed by atoms with Crippen molar-refractivity contribution in [3.8, 4) is 0 Å². The Morgan fingerprint density at radius 3 is 1.17 bits per heavy atom. The van der Waals surface area contributed by atoms with Gasteiger partial charge in [-0.15, -0.1) is 0 Å². The van der Waals surface area contributed by atoms with Gasteiger partial charge in [-0.3, -0.25) is 0 Å². The van der Waals surface area contributed by atoms with Gasteiger partial charge in [0.05, 0.1) is 23.4 Å².